The Bertz CT molecular complexity index is 697. The number of carbonyl (C=O) groups is 4. The number of H-pyrrole nitrogens is 1. The van der Waals surface area contributed by atoms with Crippen molar-refractivity contribution in [1.82, 2.24) is 9.97 Å². The molecule has 5 N–H and O–H groups in total. The molecule has 10 heteroatoms. The van der Waals surface area contributed by atoms with E-state index in [2.05, 4.69) is 9.97 Å². The predicted molar refractivity (Wildman–Crippen MR) is 77.6 cm³/mol. The van der Waals surface area contributed by atoms with Crippen LogP contribution < -0.4 is 0 Å². The van der Waals surface area contributed by atoms with Crippen LogP contribution in [-0.4, -0.2) is 54.3 Å². The zero-order valence-corrected chi connectivity index (χ0v) is 12.2. The number of carboxylic acids is 4. The molecule has 126 valence electrons. The summed E-state index contributed by atoms with van der Waals surface area (Å²) in [6.07, 6.45) is 3.53. The van der Waals surface area contributed by atoms with Gasteiger partial charge in [0.2, 0.25) is 0 Å². The highest BCUT2D eigenvalue weighted by Crippen LogP contribution is 2.18. The van der Waals surface area contributed by atoms with Crippen molar-refractivity contribution in [1.29, 1.82) is 0 Å². The molecule has 10 nitrogen and oxygen atoms in total. The Balaban J connectivity index is 0.000000400. The molecule has 2 rings (SSSR count). The lowest BCUT2D eigenvalue weighted by molar-refractivity contribution is 0.0637. The van der Waals surface area contributed by atoms with E-state index < -0.39 is 46.1 Å². The van der Waals surface area contributed by atoms with E-state index in [1.54, 1.807) is 12.4 Å². The fourth-order valence-corrected chi connectivity index (χ4v) is 1.65. The topological polar surface area (TPSA) is 178 Å². The molecule has 1 aromatic carbocycles. The van der Waals surface area contributed by atoms with E-state index in [4.69, 9.17) is 20.4 Å². The normalized spacial score (nSPS) is 9.54. The first-order valence-electron chi connectivity index (χ1n) is 6.22. The van der Waals surface area contributed by atoms with E-state index in [1.165, 1.54) is 0 Å². The average Bonchev–Trinajstić information content (AvgIpc) is 2.97. The van der Waals surface area contributed by atoms with Crippen molar-refractivity contribution >= 4 is 23.9 Å². The largest absolute Gasteiger partial charge is 0.478 e. The Morgan fingerprint density at radius 3 is 1.25 bits per heavy atom. The summed E-state index contributed by atoms with van der Waals surface area (Å²) in [7, 11) is 0. The maximum Gasteiger partial charge on any atom is 0.336 e. The molecule has 2 aromatic rings. The van der Waals surface area contributed by atoms with E-state index in [-0.39, 0.29) is 0 Å². The lowest BCUT2D eigenvalue weighted by Crippen LogP contribution is -2.15. The standard InChI is InChI=1S/C10H6O8.C4H6N2/c11-7(12)3-1-4(8(13)14)6(10(17)18)2-5(3)9(15)16;1-4-5-2-3-6-4/h1-2H,(H,11,12)(H,13,14)(H,15,16)(H,17,18);2-3H,1H3,(H,5,6). The zero-order valence-electron chi connectivity index (χ0n) is 12.2. The molecule has 24 heavy (non-hydrogen) atoms. The summed E-state index contributed by atoms with van der Waals surface area (Å²) >= 11 is 0. The number of aryl methyl sites for hydroxylation is 1. The van der Waals surface area contributed by atoms with E-state index in [1.807, 2.05) is 6.92 Å². The molecule has 1 heterocycles. The van der Waals surface area contributed by atoms with E-state index >= 15 is 0 Å². The molecule has 0 aliphatic rings. The second kappa shape index (κ2) is 7.54. The van der Waals surface area contributed by atoms with Crippen molar-refractivity contribution in [3.63, 3.8) is 0 Å². The highest BCUT2D eigenvalue weighted by atomic mass is 16.4. The predicted octanol–water partition coefficient (Wildman–Crippen LogP) is 1.20. The first-order chi connectivity index (χ1) is 11.1. The first-order valence-corrected chi connectivity index (χ1v) is 6.22. The number of rotatable bonds is 4. The summed E-state index contributed by atoms with van der Waals surface area (Å²) in [5, 5.41) is 35.0. The van der Waals surface area contributed by atoms with Gasteiger partial charge in [-0.2, -0.15) is 0 Å². The molecule has 0 aliphatic carbocycles. The average molecular weight is 336 g/mol. The lowest BCUT2D eigenvalue weighted by atomic mass is 9.98. The van der Waals surface area contributed by atoms with Gasteiger partial charge in [-0.15, -0.1) is 0 Å². The summed E-state index contributed by atoms with van der Waals surface area (Å²) in [6.45, 7) is 1.92. The fourth-order valence-electron chi connectivity index (χ4n) is 1.65. The second-order valence-electron chi connectivity index (χ2n) is 4.34. The molecule has 0 aliphatic heterocycles. The third-order valence-corrected chi connectivity index (χ3v) is 2.71. The molecule has 0 atom stereocenters. The van der Waals surface area contributed by atoms with Gasteiger partial charge in [-0.05, 0) is 19.1 Å². The fraction of sp³-hybridized carbons (Fsp3) is 0.0714. The van der Waals surface area contributed by atoms with Gasteiger partial charge in [0.1, 0.15) is 5.82 Å². The van der Waals surface area contributed by atoms with Gasteiger partial charge >= 0.3 is 23.9 Å². The van der Waals surface area contributed by atoms with Crippen molar-refractivity contribution in [3.8, 4) is 0 Å². The molecule has 0 radical (unpaired) electrons. The van der Waals surface area contributed by atoms with Crippen LogP contribution in [-0.2, 0) is 0 Å². The Hall–Kier alpha value is -3.69. The molecular weight excluding hydrogens is 324 g/mol. The number of aromatic nitrogens is 2. The Morgan fingerprint density at radius 1 is 0.792 bits per heavy atom. The maximum absolute atomic E-state index is 10.8. The Kier molecular flexibility index (Phi) is 5.76. The molecule has 0 unspecified atom stereocenters. The third kappa shape index (κ3) is 4.40. The van der Waals surface area contributed by atoms with Crippen LogP contribution in [0.2, 0.25) is 0 Å². The number of benzene rings is 1. The van der Waals surface area contributed by atoms with Crippen LogP contribution >= 0.6 is 0 Å². The van der Waals surface area contributed by atoms with Gasteiger partial charge in [0, 0.05) is 12.4 Å². The van der Waals surface area contributed by atoms with Crippen molar-refractivity contribution < 1.29 is 39.6 Å². The van der Waals surface area contributed by atoms with E-state index in [0.717, 1.165) is 5.82 Å². The maximum atomic E-state index is 10.8. The highest BCUT2D eigenvalue weighted by molar-refractivity contribution is 6.09. The van der Waals surface area contributed by atoms with Gasteiger partial charge in [-0.1, -0.05) is 0 Å². The van der Waals surface area contributed by atoms with E-state index in [0.29, 0.717) is 12.1 Å². The lowest BCUT2D eigenvalue weighted by Gasteiger charge is -2.06. The minimum absolute atomic E-state index is 0.511. The van der Waals surface area contributed by atoms with Crippen LogP contribution in [0.5, 0.6) is 0 Å². The van der Waals surface area contributed by atoms with Gasteiger partial charge in [-0.25, -0.2) is 24.2 Å². The summed E-state index contributed by atoms with van der Waals surface area (Å²) in [4.78, 5) is 49.9. The Labute approximate surface area is 134 Å². The molecule has 0 amide bonds. The molecule has 0 saturated heterocycles. The molecule has 0 bridgehead atoms. The van der Waals surface area contributed by atoms with Gasteiger partial charge in [0.15, 0.2) is 0 Å². The number of aromatic amines is 1. The van der Waals surface area contributed by atoms with Crippen molar-refractivity contribution in [2.75, 3.05) is 0 Å². The molecule has 0 saturated carbocycles. The van der Waals surface area contributed by atoms with Gasteiger partial charge in [-0.3, -0.25) is 0 Å². The molecular formula is C14H12N2O8. The summed E-state index contributed by atoms with van der Waals surface area (Å²) in [6, 6.07) is 1.02. The van der Waals surface area contributed by atoms with Crippen LogP contribution in [0.25, 0.3) is 0 Å². The monoisotopic (exact) mass is 336 g/mol. The molecule has 0 spiro atoms. The molecule has 0 fully saturated rings. The third-order valence-electron chi connectivity index (χ3n) is 2.71. The summed E-state index contributed by atoms with van der Waals surface area (Å²) in [5.74, 6) is -5.67. The van der Waals surface area contributed by atoms with Crippen LogP contribution in [0.1, 0.15) is 47.3 Å². The number of aromatic carboxylic acids is 4. The van der Waals surface area contributed by atoms with Crippen LogP contribution in [0.3, 0.4) is 0 Å². The summed E-state index contributed by atoms with van der Waals surface area (Å²) < 4.78 is 0. The van der Waals surface area contributed by atoms with Gasteiger partial charge < -0.3 is 25.4 Å². The number of carboxylic acid groups (broad SMARTS) is 4. The first kappa shape index (κ1) is 18.4. The van der Waals surface area contributed by atoms with Crippen LogP contribution in [0.15, 0.2) is 24.5 Å². The smallest absolute Gasteiger partial charge is 0.336 e. The number of nitrogens with one attached hydrogen (secondary N) is 1. The van der Waals surface area contributed by atoms with Crippen LogP contribution in [0.4, 0.5) is 0 Å². The number of hydrogen-bond donors (Lipinski definition) is 5. The summed E-state index contributed by atoms with van der Waals surface area (Å²) in [5.41, 5.74) is -3.15. The van der Waals surface area contributed by atoms with Gasteiger partial charge in [0.25, 0.3) is 0 Å². The Morgan fingerprint density at radius 2 is 1.12 bits per heavy atom. The minimum Gasteiger partial charge on any atom is -0.478 e. The second-order valence-corrected chi connectivity index (χ2v) is 4.34. The molecule has 1 aromatic heterocycles. The van der Waals surface area contributed by atoms with Gasteiger partial charge in [0.05, 0.1) is 22.3 Å². The zero-order chi connectivity index (χ0) is 18.4. The number of imidazole rings is 1. The SMILES string of the molecule is Cc1ncc[nH]1.O=C(O)c1cc(C(=O)O)c(C(=O)O)cc1C(=O)O. The van der Waals surface area contributed by atoms with Crippen molar-refractivity contribution in [2.45, 2.75) is 6.92 Å². The van der Waals surface area contributed by atoms with E-state index in [9.17, 15) is 19.2 Å². The quantitative estimate of drug-likeness (QED) is 0.548. The minimum atomic E-state index is -1.66. The number of nitrogens with zero attached hydrogens (tertiary/aromatic N) is 1. The number of hydrogen-bond acceptors (Lipinski definition) is 5. The van der Waals surface area contributed by atoms with Crippen LogP contribution in [0, 0.1) is 6.92 Å². The van der Waals surface area contributed by atoms with Crippen molar-refractivity contribution in [2.24, 2.45) is 0 Å². The highest BCUT2D eigenvalue weighted by Gasteiger charge is 2.24. The van der Waals surface area contributed by atoms with Crippen molar-refractivity contribution in [3.05, 3.63) is 52.6 Å².